The van der Waals surface area contributed by atoms with Gasteiger partial charge in [-0.1, -0.05) is 44.5 Å². The van der Waals surface area contributed by atoms with Gasteiger partial charge in [0.2, 0.25) is 0 Å². The topological polar surface area (TPSA) is 12.0 Å². The smallest absolute Gasteiger partial charge is 0.000251 e. The molecule has 0 fully saturated rings. The van der Waals surface area contributed by atoms with Crippen molar-refractivity contribution >= 4 is 0 Å². The highest BCUT2D eigenvalue weighted by Crippen LogP contribution is 2.23. The SMILES string of the molecule is CCNCC(C)(C)CCc1cc(C)ccc1C. The average molecular weight is 233 g/mol. The maximum atomic E-state index is 3.45. The van der Waals surface area contributed by atoms with Crippen LogP contribution in [0.1, 0.15) is 43.9 Å². The summed E-state index contributed by atoms with van der Waals surface area (Å²) >= 11 is 0. The standard InChI is InChI=1S/C16H27N/c1-6-17-12-16(4,5)10-9-15-11-13(2)7-8-14(15)3/h7-8,11,17H,6,9-10,12H2,1-5H3. The van der Waals surface area contributed by atoms with Gasteiger partial charge in [-0.25, -0.2) is 0 Å². The summed E-state index contributed by atoms with van der Waals surface area (Å²) in [6.07, 6.45) is 2.43. The Labute approximate surface area is 107 Å². The molecule has 0 heterocycles. The van der Waals surface area contributed by atoms with Gasteiger partial charge in [0, 0.05) is 6.54 Å². The number of benzene rings is 1. The van der Waals surface area contributed by atoms with Gasteiger partial charge < -0.3 is 5.32 Å². The van der Waals surface area contributed by atoms with E-state index in [0.717, 1.165) is 13.1 Å². The maximum absolute atomic E-state index is 3.45. The highest BCUT2D eigenvalue weighted by Gasteiger charge is 2.17. The Balaban J connectivity index is 2.57. The second-order valence-electron chi connectivity index (χ2n) is 5.87. The predicted octanol–water partition coefficient (Wildman–Crippen LogP) is 3.87. The molecule has 1 heteroatoms. The fourth-order valence-corrected chi connectivity index (χ4v) is 2.09. The third kappa shape index (κ3) is 4.91. The maximum Gasteiger partial charge on any atom is 0.000251 e. The van der Waals surface area contributed by atoms with E-state index in [2.05, 4.69) is 58.1 Å². The molecule has 0 atom stereocenters. The zero-order chi connectivity index (χ0) is 12.9. The molecule has 96 valence electrons. The van der Waals surface area contributed by atoms with E-state index < -0.39 is 0 Å². The van der Waals surface area contributed by atoms with Gasteiger partial charge in [0.1, 0.15) is 0 Å². The molecule has 0 aliphatic heterocycles. The molecule has 1 rings (SSSR count). The third-order valence-corrected chi connectivity index (χ3v) is 3.43. The molecule has 1 aromatic carbocycles. The molecule has 1 N–H and O–H groups in total. The van der Waals surface area contributed by atoms with Crippen molar-refractivity contribution in [2.24, 2.45) is 5.41 Å². The van der Waals surface area contributed by atoms with Crippen LogP contribution in [0.25, 0.3) is 0 Å². The Morgan fingerprint density at radius 2 is 1.88 bits per heavy atom. The number of rotatable bonds is 6. The van der Waals surface area contributed by atoms with Gasteiger partial charge in [-0.3, -0.25) is 0 Å². The van der Waals surface area contributed by atoms with E-state index in [4.69, 9.17) is 0 Å². The molecule has 17 heavy (non-hydrogen) atoms. The normalized spacial score (nSPS) is 11.8. The zero-order valence-corrected chi connectivity index (χ0v) is 12.1. The first kappa shape index (κ1) is 14.2. The summed E-state index contributed by atoms with van der Waals surface area (Å²) < 4.78 is 0. The fraction of sp³-hybridized carbons (Fsp3) is 0.625. The predicted molar refractivity (Wildman–Crippen MR) is 76.6 cm³/mol. The molecule has 0 saturated carbocycles. The lowest BCUT2D eigenvalue weighted by Crippen LogP contribution is -2.29. The van der Waals surface area contributed by atoms with E-state index in [1.54, 1.807) is 0 Å². The molecule has 0 saturated heterocycles. The molecule has 0 unspecified atom stereocenters. The molecular weight excluding hydrogens is 206 g/mol. The summed E-state index contributed by atoms with van der Waals surface area (Å²) in [4.78, 5) is 0. The van der Waals surface area contributed by atoms with Crippen molar-refractivity contribution in [1.29, 1.82) is 0 Å². The van der Waals surface area contributed by atoms with E-state index in [9.17, 15) is 0 Å². The van der Waals surface area contributed by atoms with Gasteiger partial charge >= 0.3 is 0 Å². The Kier molecular flexibility index (Phi) is 5.20. The molecular formula is C16H27N. The van der Waals surface area contributed by atoms with Crippen LogP contribution in [-0.4, -0.2) is 13.1 Å². The van der Waals surface area contributed by atoms with Crippen LogP contribution in [0.5, 0.6) is 0 Å². The average Bonchev–Trinajstić information content (AvgIpc) is 2.28. The van der Waals surface area contributed by atoms with E-state index in [1.807, 2.05) is 0 Å². The van der Waals surface area contributed by atoms with E-state index >= 15 is 0 Å². The number of nitrogens with one attached hydrogen (secondary N) is 1. The summed E-state index contributed by atoms with van der Waals surface area (Å²) in [5, 5.41) is 3.45. The van der Waals surface area contributed by atoms with Crippen molar-refractivity contribution < 1.29 is 0 Å². The van der Waals surface area contributed by atoms with Crippen LogP contribution >= 0.6 is 0 Å². The van der Waals surface area contributed by atoms with Gasteiger partial charge in [0.05, 0.1) is 0 Å². The summed E-state index contributed by atoms with van der Waals surface area (Å²) in [6, 6.07) is 6.77. The lowest BCUT2D eigenvalue weighted by Gasteiger charge is -2.25. The van der Waals surface area contributed by atoms with Crippen molar-refractivity contribution in [3.05, 3.63) is 34.9 Å². The molecule has 0 spiro atoms. The highest BCUT2D eigenvalue weighted by atomic mass is 14.9. The minimum atomic E-state index is 0.381. The Hall–Kier alpha value is -0.820. The molecule has 0 amide bonds. The van der Waals surface area contributed by atoms with Crippen LogP contribution in [0, 0.1) is 19.3 Å². The van der Waals surface area contributed by atoms with Crippen LogP contribution in [0.3, 0.4) is 0 Å². The van der Waals surface area contributed by atoms with Crippen molar-refractivity contribution in [2.75, 3.05) is 13.1 Å². The van der Waals surface area contributed by atoms with Gasteiger partial charge in [0.15, 0.2) is 0 Å². The van der Waals surface area contributed by atoms with Crippen molar-refractivity contribution in [2.45, 2.75) is 47.5 Å². The van der Waals surface area contributed by atoms with Crippen LogP contribution in [0.4, 0.5) is 0 Å². The first-order chi connectivity index (χ1) is 7.94. The quantitative estimate of drug-likeness (QED) is 0.786. The molecule has 0 aromatic heterocycles. The van der Waals surface area contributed by atoms with Crippen LogP contribution in [0.15, 0.2) is 18.2 Å². The monoisotopic (exact) mass is 233 g/mol. The van der Waals surface area contributed by atoms with E-state index in [0.29, 0.717) is 5.41 Å². The summed E-state index contributed by atoms with van der Waals surface area (Å²) in [5.41, 5.74) is 4.69. The molecule has 0 aliphatic carbocycles. The lowest BCUT2D eigenvalue weighted by molar-refractivity contribution is 0.317. The van der Waals surface area contributed by atoms with Crippen molar-refractivity contribution in [3.63, 3.8) is 0 Å². The largest absolute Gasteiger partial charge is 0.316 e. The fourth-order valence-electron chi connectivity index (χ4n) is 2.09. The second-order valence-corrected chi connectivity index (χ2v) is 5.87. The van der Waals surface area contributed by atoms with Crippen LogP contribution in [0.2, 0.25) is 0 Å². The van der Waals surface area contributed by atoms with Gasteiger partial charge in [0.25, 0.3) is 0 Å². The second kappa shape index (κ2) is 6.20. The van der Waals surface area contributed by atoms with Crippen LogP contribution < -0.4 is 5.32 Å². The Bertz CT molecular complexity index is 353. The molecule has 0 bridgehead atoms. The number of hydrogen-bond acceptors (Lipinski definition) is 1. The Morgan fingerprint density at radius 3 is 2.53 bits per heavy atom. The molecule has 0 aliphatic rings. The zero-order valence-electron chi connectivity index (χ0n) is 12.1. The minimum Gasteiger partial charge on any atom is -0.316 e. The first-order valence-electron chi connectivity index (χ1n) is 6.71. The Morgan fingerprint density at radius 1 is 1.18 bits per heavy atom. The van der Waals surface area contributed by atoms with Crippen molar-refractivity contribution in [1.82, 2.24) is 5.32 Å². The summed E-state index contributed by atoms with van der Waals surface area (Å²) in [6.45, 7) is 13.4. The number of hydrogen-bond donors (Lipinski definition) is 1. The van der Waals surface area contributed by atoms with E-state index in [1.165, 1.54) is 29.5 Å². The van der Waals surface area contributed by atoms with Gasteiger partial charge in [-0.2, -0.15) is 0 Å². The number of aryl methyl sites for hydroxylation is 3. The van der Waals surface area contributed by atoms with Crippen LogP contribution in [-0.2, 0) is 6.42 Å². The van der Waals surface area contributed by atoms with E-state index in [-0.39, 0.29) is 0 Å². The summed E-state index contributed by atoms with van der Waals surface area (Å²) in [5.74, 6) is 0. The molecule has 1 aromatic rings. The summed E-state index contributed by atoms with van der Waals surface area (Å²) in [7, 11) is 0. The van der Waals surface area contributed by atoms with Gasteiger partial charge in [-0.15, -0.1) is 0 Å². The third-order valence-electron chi connectivity index (χ3n) is 3.43. The minimum absolute atomic E-state index is 0.381. The first-order valence-corrected chi connectivity index (χ1v) is 6.71. The molecule has 1 nitrogen and oxygen atoms in total. The van der Waals surface area contributed by atoms with Crippen molar-refractivity contribution in [3.8, 4) is 0 Å². The molecule has 0 radical (unpaired) electrons. The lowest BCUT2D eigenvalue weighted by atomic mass is 9.85. The highest BCUT2D eigenvalue weighted by molar-refractivity contribution is 5.30. The van der Waals surface area contributed by atoms with Gasteiger partial charge in [-0.05, 0) is 49.8 Å².